The van der Waals surface area contributed by atoms with Crippen molar-refractivity contribution in [2.75, 3.05) is 0 Å². The number of benzene rings is 3. The summed E-state index contributed by atoms with van der Waals surface area (Å²) >= 11 is 0. The molecule has 30 heavy (non-hydrogen) atoms. The Hall–Kier alpha value is -3.49. The molecule has 0 heterocycles. The van der Waals surface area contributed by atoms with E-state index in [1.165, 1.54) is 0 Å². The third kappa shape index (κ3) is 5.76. The van der Waals surface area contributed by atoms with E-state index in [4.69, 9.17) is 9.47 Å². The molecule has 0 amide bonds. The Morgan fingerprint density at radius 3 is 1.47 bits per heavy atom. The van der Waals surface area contributed by atoms with Gasteiger partial charge >= 0.3 is 11.9 Å². The zero-order valence-corrected chi connectivity index (χ0v) is 16.5. The van der Waals surface area contributed by atoms with Gasteiger partial charge in [-0.15, -0.1) is 0 Å². The van der Waals surface area contributed by atoms with Gasteiger partial charge in [0, 0.05) is 0 Å². The maximum Gasteiger partial charge on any atom is 0.338 e. The lowest BCUT2D eigenvalue weighted by atomic mass is 10.1. The summed E-state index contributed by atoms with van der Waals surface area (Å²) in [6.45, 7) is -0.0763. The lowest BCUT2D eigenvalue weighted by molar-refractivity contribution is 0.0470. The summed E-state index contributed by atoms with van der Waals surface area (Å²) < 4.78 is 42.9. The summed E-state index contributed by atoms with van der Waals surface area (Å²) in [5.41, 5.74) is 1.07. The first-order chi connectivity index (χ1) is 14.3. The summed E-state index contributed by atoms with van der Waals surface area (Å²) in [5.74, 6) is -1.69. The highest BCUT2D eigenvalue weighted by atomic mass is 32.2. The molecule has 0 aliphatic rings. The normalized spacial score (nSPS) is 11.0. The van der Waals surface area contributed by atoms with Crippen LogP contribution in [0.2, 0.25) is 0 Å². The zero-order chi connectivity index (χ0) is 21.6. The molecule has 0 unspecified atom stereocenters. The Balaban J connectivity index is 1.80. The summed E-state index contributed by atoms with van der Waals surface area (Å²) in [4.78, 5) is 24.2. The second-order valence-electron chi connectivity index (χ2n) is 6.34. The Kier molecular flexibility index (Phi) is 6.61. The van der Waals surface area contributed by atoms with Crippen molar-refractivity contribution in [3.63, 3.8) is 0 Å². The van der Waals surface area contributed by atoms with Crippen molar-refractivity contribution in [3.05, 3.63) is 101 Å². The molecule has 0 saturated heterocycles. The van der Waals surface area contributed by atoms with Gasteiger partial charge in [-0.05, 0) is 29.3 Å². The van der Waals surface area contributed by atoms with Crippen LogP contribution < -0.4 is 0 Å². The predicted octanol–water partition coefficient (Wildman–Crippen LogP) is 3.65. The van der Waals surface area contributed by atoms with Crippen molar-refractivity contribution < 1.29 is 32.0 Å². The number of hydrogen-bond donors (Lipinski definition) is 1. The summed E-state index contributed by atoms with van der Waals surface area (Å²) in [7, 11) is -4.66. The van der Waals surface area contributed by atoms with E-state index in [2.05, 4.69) is 0 Å². The molecule has 0 bridgehead atoms. The average Bonchev–Trinajstić information content (AvgIpc) is 2.76. The van der Waals surface area contributed by atoms with Crippen LogP contribution in [0.25, 0.3) is 0 Å². The molecule has 0 aliphatic heterocycles. The fraction of sp³-hybridized carbons (Fsp3) is 0.0909. The van der Waals surface area contributed by atoms with Crippen LogP contribution in [0.1, 0.15) is 31.8 Å². The molecular weight excluding hydrogens is 408 g/mol. The number of carbonyl (C=O) groups excluding carboxylic acids is 2. The van der Waals surface area contributed by atoms with Crippen molar-refractivity contribution in [3.8, 4) is 0 Å². The highest BCUT2D eigenvalue weighted by Crippen LogP contribution is 2.18. The third-order valence-corrected chi connectivity index (χ3v) is 4.93. The molecule has 0 radical (unpaired) electrons. The molecule has 154 valence electrons. The molecule has 1 N–H and O–H groups in total. The van der Waals surface area contributed by atoms with Gasteiger partial charge in [0.2, 0.25) is 0 Å². The van der Waals surface area contributed by atoms with Crippen molar-refractivity contribution in [1.29, 1.82) is 0 Å². The second kappa shape index (κ2) is 9.34. The van der Waals surface area contributed by atoms with E-state index in [1.54, 1.807) is 48.5 Å². The van der Waals surface area contributed by atoms with Crippen LogP contribution in [0.5, 0.6) is 0 Å². The Bertz CT molecular complexity index is 1070. The molecule has 8 heteroatoms. The smallest absolute Gasteiger partial charge is 0.338 e. The lowest BCUT2D eigenvalue weighted by Gasteiger charge is -2.09. The van der Waals surface area contributed by atoms with Crippen LogP contribution >= 0.6 is 0 Å². The van der Waals surface area contributed by atoms with Crippen LogP contribution in [-0.4, -0.2) is 24.9 Å². The van der Waals surface area contributed by atoms with Gasteiger partial charge in [0.1, 0.15) is 13.2 Å². The number of carbonyl (C=O) groups is 2. The largest absolute Gasteiger partial charge is 0.457 e. The average molecular weight is 426 g/mol. The summed E-state index contributed by atoms with van der Waals surface area (Å²) in [5, 5.41) is 0. The fourth-order valence-corrected chi connectivity index (χ4v) is 3.15. The van der Waals surface area contributed by atoms with Crippen molar-refractivity contribution in [2.24, 2.45) is 0 Å². The zero-order valence-electron chi connectivity index (χ0n) is 15.7. The lowest BCUT2D eigenvalue weighted by Crippen LogP contribution is -2.12. The van der Waals surface area contributed by atoms with Crippen LogP contribution in [0.3, 0.4) is 0 Å². The van der Waals surface area contributed by atoms with Gasteiger partial charge in [-0.2, -0.15) is 8.42 Å². The topological polar surface area (TPSA) is 107 Å². The molecular formula is C22H18O7S. The minimum absolute atomic E-state index is 0.0381. The Labute approximate surface area is 173 Å². The van der Waals surface area contributed by atoms with Gasteiger partial charge in [-0.25, -0.2) is 9.59 Å². The van der Waals surface area contributed by atoms with Crippen LogP contribution in [0.4, 0.5) is 0 Å². The molecule has 3 rings (SSSR count). The number of rotatable bonds is 7. The second-order valence-corrected chi connectivity index (χ2v) is 7.77. The van der Waals surface area contributed by atoms with Crippen molar-refractivity contribution in [1.82, 2.24) is 0 Å². The van der Waals surface area contributed by atoms with Crippen molar-refractivity contribution in [2.45, 2.75) is 18.1 Å². The first-order valence-corrected chi connectivity index (χ1v) is 10.3. The summed E-state index contributed by atoms with van der Waals surface area (Å²) in [6.07, 6.45) is 0. The minimum atomic E-state index is -4.66. The quantitative estimate of drug-likeness (QED) is 0.454. The maximum atomic E-state index is 12.4. The maximum absolute atomic E-state index is 12.4. The molecule has 0 fully saturated rings. The number of esters is 2. The van der Waals surface area contributed by atoms with Crippen LogP contribution in [0.15, 0.2) is 83.8 Å². The first-order valence-electron chi connectivity index (χ1n) is 8.87. The fourth-order valence-electron chi connectivity index (χ4n) is 2.60. The molecule has 7 nitrogen and oxygen atoms in total. The van der Waals surface area contributed by atoms with Gasteiger partial charge in [0.05, 0.1) is 16.0 Å². The highest BCUT2D eigenvalue weighted by Gasteiger charge is 2.20. The SMILES string of the molecule is O=C(OCc1ccccc1)c1cc(C(=O)OCc2ccccc2)cc(S(=O)(=O)O)c1. The van der Waals surface area contributed by atoms with Gasteiger partial charge in [-0.1, -0.05) is 60.7 Å². The first kappa shape index (κ1) is 21.2. The van der Waals surface area contributed by atoms with E-state index in [-0.39, 0.29) is 24.3 Å². The van der Waals surface area contributed by atoms with Crippen molar-refractivity contribution >= 4 is 22.1 Å². The standard InChI is InChI=1S/C22H18O7S/c23-21(28-14-16-7-3-1-4-8-16)18-11-19(13-20(12-18)30(25,26)27)22(24)29-15-17-9-5-2-6-10-17/h1-13H,14-15H2,(H,25,26,27). The predicted molar refractivity (Wildman–Crippen MR) is 107 cm³/mol. The van der Waals surface area contributed by atoms with E-state index in [9.17, 15) is 22.6 Å². The molecule has 3 aromatic carbocycles. The summed E-state index contributed by atoms with van der Waals surface area (Å²) in [6, 6.07) is 20.8. The van der Waals surface area contributed by atoms with Crippen LogP contribution in [0, 0.1) is 0 Å². The molecule has 0 aliphatic carbocycles. The third-order valence-electron chi connectivity index (χ3n) is 4.10. The van der Waals surface area contributed by atoms with E-state index < -0.39 is 27.0 Å². The van der Waals surface area contributed by atoms with Gasteiger partial charge in [0.25, 0.3) is 10.1 Å². The number of hydrogen-bond acceptors (Lipinski definition) is 6. The van der Waals surface area contributed by atoms with E-state index in [0.29, 0.717) is 0 Å². The molecule has 0 atom stereocenters. The van der Waals surface area contributed by atoms with E-state index >= 15 is 0 Å². The Morgan fingerprint density at radius 1 is 0.700 bits per heavy atom. The van der Waals surface area contributed by atoms with Crippen LogP contribution in [-0.2, 0) is 32.8 Å². The molecule has 0 saturated carbocycles. The number of ether oxygens (including phenoxy) is 2. The minimum Gasteiger partial charge on any atom is -0.457 e. The van der Waals surface area contributed by atoms with E-state index in [0.717, 1.165) is 29.3 Å². The van der Waals surface area contributed by atoms with Gasteiger partial charge in [0.15, 0.2) is 0 Å². The molecule has 3 aromatic rings. The van der Waals surface area contributed by atoms with Gasteiger partial charge in [-0.3, -0.25) is 4.55 Å². The Morgan fingerprint density at radius 2 is 1.10 bits per heavy atom. The highest BCUT2D eigenvalue weighted by molar-refractivity contribution is 7.85. The van der Waals surface area contributed by atoms with E-state index in [1.807, 2.05) is 12.1 Å². The monoisotopic (exact) mass is 426 g/mol. The molecule has 0 aromatic heterocycles. The molecule has 0 spiro atoms. The van der Waals surface area contributed by atoms with Gasteiger partial charge < -0.3 is 9.47 Å².